The highest BCUT2D eigenvalue weighted by Gasteiger charge is 2.42. The molecular formula is C26H26N4O. The fourth-order valence-electron chi connectivity index (χ4n) is 5.45. The Hall–Kier alpha value is -3.21. The van der Waals surface area contributed by atoms with Crippen molar-refractivity contribution >= 4 is 5.65 Å². The molecule has 0 unspecified atom stereocenters. The van der Waals surface area contributed by atoms with Crippen molar-refractivity contribution in [2.75, 3.05) is 0 Å². The summed E-state index contributed by atoms with van der Waals surface area (Å²) < 4.78 is 7.81. The van der Waals surface area contributed by atoms with Gasteiger partial charge in [-0.1, -0.05) is 61.2 Å². The maximum absolute atomic E-state index is 5.96. The van der Waals surface area contributed by atoms with Crippen molar-refractivity contribution in [2.45, 2.75) is 57.5 Å². The van der Waals surface area contributed by atoms with Crippen LogP contribution in [0.4, 0.5) is 0 Å². The smallest absolute Gasteiger partial charge is 0.189 e. The quantitative estimate of drug-likeness (QED) is 0.451. The van der Waals surface area contributed by atoms with E-state index in [1.165, 1.54) is 54.4 Å². The number of benzene rings is 2. The van der Waals surface area contributed by atoms with Crippen LogP contribution in [0.15, 0.2) is 54.9 Å². The minimum atomic E-state index is 0.111. The van der Waals surface area contributed by atoms with E-state index in [1.54, 1.807) is 0 Å². The first kappa shape index (κ1) is 18.6. The van der Waals surface area contributed by atoms with E-state index in [1.807, 2.05) is 23.0 Å². The molecule has 2 heterocycles. The van der Waals surface area contributed by atoms with Crippen molar-refractivity contribution in [3.63, 3.8) is 0 Å². The lowest BCUT2D eigenvalue weighted by Gasteiger charge is -2.42. The normalized spacial score (nSPS) is 16.8. The number of ether oxygens (including phenoxy) is 1. The Labute approximate surface area is 182 Å². The van der Waals surface area contributed by atoms with Gasteiger partial charge in [-0.2, -0.15) is 0 Å². The molecule has 31 heavy (non-hydrogen) atoms. The molecule has 1 fully saturated rings. The van der Waals surface area contributed by atoms with Crippen LogP contribution in [0.1, 0.15) is 54.6 Å². The van der Waals surface area contributed by atoms with Gasteiger partial charge in [0.2, 0.25) is 0 Å². The van der Waals surface area contributed by atoms with E-state index in [0.717, 1.165) is 23.5 Å². The molecule has 5 heteroatoms. The topological polar surface area (TPSA) is 52.3 Å². The van der Waals surface area contributed by atoms with E-state index >= 15 is 0 Å². The SMILES string of the molecule is Cc1ccc(OCc2nc3c4c(ncn3n2)-c2ccccc2CC42CCCCC2)cc1. The molecule has 0 radical (unpaired) electrons. The van der Waals surface area contributed by atoms with Crippen LogP contribution in [0.5, 0.6) is 5.75 Å². The number of aromatic nitrogens is 4. The predicted octanol–water partition coefficient (Wildman–Crippen LogP) is 5.44. The van der Waals surface area contributed by atoms with Gasteiger partial charge in [-0.15, -0.1) is 5.10 Å². The molecule has 6 rings (SSSR count). The molecule has 156 valence electrons. The third-order valence-electron chi connectivity index (χ3n) is 6.96. The largest absolute Gasteiger partial charge is 0.486 e. The van der Waals surface area contributed by atoms with Crippen LogP contribution in [0.2, 0.25) is 0 Å². The van der Waals surface area contributed by atoms with Gasteiger partial charge in [0.25, 0.3) is 0 Å². The lowest BCUT2D eigenvalue weighted by atomic mass is 9.62. The average Bonchev–Trinajstić information content (AvgIpc) is 3.22. The first-order valence-electron chi connectivity index (χ1n) is 11.2. The van der Waals surface area contributed by atoms with Gasteiger partial charge >= 0.3 is 0 Å². The van der Waals surface area contributed by atoms with Crippen LogP contribution in [0.3, 0.4) is 0 Å². The number of nitrogens with zero attached hydrogens (tertiary/aromatic N) is 4. The Morgan fingerprint density at radius 2 is 1.81 bits per heavy atom. The molecule has 2 aromatic carbocycles. The van der Waals surface area contributed by atoms with E-state index in [9.17, 15) is 0 Å². The van der Waals surface area contributed by atoms with Gasteiger partial charge < -0.3 is 4.74 Å². The van der Waals surface area contributed by atoms with Crippen molar-refractivity contribution in [2.24, 2.45) is 0 Å². The van der Waals surface area contributed by atoms with E-state index in [0.29, 0.717) is 12.4 Å². The molecule has 0 aliphatic heterocycles. The lowest BCUT2D eigenvalue weighted by molar-refractivity contribution is 0.288. The number of hydrogen-bond acceptors (Lipinski definition) is 4. The van der Waals surface area contributed by atoms with Gasteiger partial charge in [-0.25, -0.2) is 14.5 Å². The van der Waals surface area contributed by atoms with Crippen LogP contribution in [0, 0.1) is 6.92 Å². The van der Waals surface area contributed by atoms with Crippen LogP contribution in [-0.2, 0) is 18.4 Å². The number of hydrogen-bond donors (Lipinski definition) is 0. The Morgan fingerprint density at radius 3 is 2.65 bits per heavy atom. The zero-order valence-corrected chi connectivity index (χ0v) is 17.8. The average molecular weight is 411 g/mol. The molecule has 0 amide bonds. The van der Waals surface area contributed by atoms with Crippen LogP contribution in [0.25, 0.3) is 16.9 Å². The van der Waals surface area contributed by atoms with Crippen LogP contribution >= 0.6 is 0 Å². The highest BCUT2D eigenvalue weighted by Crippen LogP contribution is 2.50. The van der Waals surface area contributed by atoms with Gasteiger partial charge in [0.15, 0.2) is 11.5 Å². The second kappa shape index (κ2) is 7.19. The molecule has 1 spiro atoms. The second-order valence-electron chi connectivity index (χ2n) is 9.04. The molecule has 0 atom stereocenters. The van der Waals surface area contributed by atoms with Crippen molar-refractivity contribution < 1.29 is 4.74 Å². The minimum Gasteiger partial charge on any atom is -0.486 e. The van der Waals surface area contributed by atoms with Crippen molar-refractivity contribution in [3.8, 4) is 17.0 Å². The van der Waals surface area contributed by atoms with Gasteiger partial charge in [-0.05, 0) is 43.9 Å². The third-order valence-corrected chi connectivity index (χ3v) is 6.96. The Balaban J connectivity index is 1.44. The Morgan fingerprint density at radius 1 is 1.00 bits per heavy atom. The first-order chi connectivity index (χ1) is 15.2. The summed E-state index contributed by atoms with van der Waals surface area (Å²) in [5.74, 6) is 1.53. The molecule has 4 aromatic rings. The summed E-state index contributed by atoms with van der Waals surface area (Å²) >= 11 is 0. The second-order valence-corrected chi connectivity index (χ2v) is 9.04. The zero-order chi connectivity index (χ0) is 20.8. The Kier molecular flexibility index (Phi) is 4.30. The third kappa shape index (κ3) is 3.11. The monoisotopic (exact) mass is 410 g/mol. The molecule has 0 N–H and O–H groups in total. The molecule has 2 aliphatic carbocycles. The summed E-state index contributed by atoms with van der Waals surface area (Å²) in [5, 5.41) is 4.71. The van der Waals surface area contributed by atoms with Crippen LogP contribution < -0.4 is 4.74 Å². The molecule has 2 aliphatic rings. The van der Waals surface area contributed by atoms with Gasteiger partial charge in [-0.3, -0.25) is 0 Å². The minimum absolute atomic E-state index is 0.111. The molecule has 2 aromatic heterocycles. The van der Waals surface area contributed by atoms with Gasteiger partial charge in [0, 0.05) is 16.5 Å². The molecule has 0 bridgehead atoms. The molecule has 0 saturated heterocycles. The summed E-state index contributed by atoms with van der Waals surface area (Å²) in [6.45, 7) is 2.42. The molecular weight excluding hydrogens is 384 g/mol. The molecule has 5 nitrogen and oxygen atoms in total. The van der Waals surface area contributed by atoms with E-state index in [-0.39, 0.29) is 5.41 Å². The maximum Gasteiger partial charge on any atom is 0.189 e. The van der Waals surface area contributed by atoms with Gasteiger partial charge in [0.05, 0.1) is 5.69 Å². The number of fused-ring (bicyclic) bond motifs is 6. The standard InChI is InChI=1S/C26H26N4O/c1-18-9-11-20(12-10-18)31-16-22-28-25-23-24(27-17-30(25)29-22)21-8-4-3-7-19(21)15-26(23)13-5-2-6-14-26/h3-4,7-12,17H,2,5-6,13-16H2,1H3. The summed E-state index contributed by atoms with van der Waals surface area (Å²) in [4.78, 5) is 9.87. The Bertz CT molecular complexity index is 1250. The van der Waals surface area contributed by atoms with Crippen molar-refractivity contribution in [3.05, 3.63) is 77.4 Å². The zero-order valence-electron chi connectivity index (χ0n) is 17.8. The summed E-state index contributed by atoms with van der Waals surface area (Å²) in [6.07, 6.45) is 9.11. The number of aryl methyl sites for hydroxylation is 1. The van der Waals surface area contributed by atoms with E-state index in [4.69, 9.17) is 19.8 Å². The van der Waals surface area contributed by atoms with Crippen LogP contribution in [-0.4, -0.2) is 19.6 Å². The lowest BCUT2D eigenvalue weighted by Crippen LogP contribution is -2.36. The highest BCUT2D eigenvalue weighted by molar-refractivity contribution is 5.77. The highest BCUT2D eigenvalue weighted by atomic mass is 16.5. The molecule has 1 saturated carbocycles. The fraction of sp³-hybridized carbons (Fsp3) is 0.346. The van der Waals surface area contributed by atoms with E-state index < -0.39 is 0 Å². The summed E-state index contributed by atoms with van der Waals surface area (Å²) in [6, 6.07) is 16.8. The van der Waals surface area contributed by atoms with Crippen molar-refractivity contribution in [1.29, 1.82) is 0 Å². The van der Waals surface area contributed by atoms with Gasteiger partial charge in [0.1, 0.15) is 18.7 Å². The summed E-state index contributed by atoms with van der Waals surface area (Å²) in [5.41, 5.74) is 7.32. The van der Waals surface area contributed by atoms with Crippen molar-refractivity contribution in [1.82, 2.24) is 19.6 Å². The maximum atomic E-state index is 5.96. The first-order valence-corrected chi connectivity index (χ1v) is 11.2. The predicted molar refractivity (Wildman–Crippen MR) is 120 cm³/mol. The summed E-state index contributed by atoms with van der Waals surface area (Å²) in [7, 11) is 0. The van der Waals surface area contributed by atoms with E-state index in [2.05, 4.69) is 43.3 Å². The number of rotatable bonds is 3. The fourth-order valence-corrected chi connectivity index (χ4v) is 5.45.